The average Bonchev–Trinajstić information content (AvgIpc) is 2.25. The predicted molar refractivity (Wildman–Crippen MR) is 63.1 cm³/mol. The number of benzene rings is 1. The van der Waals surface area contributed by atoms with Gasteiger partial charge >= 0.3 is 0 Å². The van der Waals surface area contributed by atoms with Crippen LogP contribution < -0.4 is 17.0 Å². The van der Waals surface area contributed by atoms with E-state index in [4.69, 9.17) is 11.6 Å². The Morgan fingerprint density at radius 1 is 1.60 bits per heavy atom. The lowest BCUT2D eigenvalue weighted by molar-refractivity contribution is -0.123. The van der Waals surface area contributed by atoms with Crippen molar-refractivity contribution in [2.75, 3.05) is 11.5 Å². The van der Waals surface area contributed by atoms with Gasteiger partial charge in [-0.2, -0.15) is 0 Å². The van der Waals surface area contributed by atoms with Crippen LogP contribution in [0.15, 0.2) is 29.2 Å². The number of hydrazine groups is 1. The molecular weight excluding hydrogens is 210 g/mol. The largest absolute Gasteiger partial charge is 0.399 e. The number of hydrogen-bond acceptors (Lipinski definition) is 4. The second-order valence-corrected chi connectivity index (χ2v) is 4.39. The number of nitrogen functional groups attached to an aromatic ring is 1. The number of amides is 1. The molecule has 0 spiro atoms. The predicted octanol–water partition coefficient (Wildman–Crippen LogP) is 0.987. The van der Waals surface area contributed by atoms with Crippen LogP contribution in [0.1, 0.15) is 6.92 Å². The molecule has 1 amide bonds. The maximum absolute atomic E-state index is 11.1. The fraction of sp³-hybridized carbons (Fsp3) is 0.300. The molecule has 5 heteroatoms. The minimum Gasteiger partial charge on any atom is -0.399 e. The molecule has 0 radical (unpaired) electrons. The van der Waals surface area contributed by atoms with Crippen LogP contribution in [-0.4, -0.2) is 11.7 Å². The van der Waals surface area contributed by atoms with Crippen molar-refractivity contribution in [1.82, 2.24) is 5.43 Å². The van der Waals surface area contributed by atoms with Crippen LogP contribution in [0, 0.1) is 5.92 Å². The zero-order valence-corrected chi connectivity index (χ0v) is 9.38. The molecular formula is C10H15N3OS. The van der Waals surface area contributed by atoms with E-state index in [1.165, 1.54) is 0 Å². The van der Waals surface area contributed by atoms with Crippen LogP contribution in [0.5, 0.6) is 0 Å². The standard InChI is InChI=1S/C10H15N3OS/c1-7(10(14)13-12)6-15-9-4-2-3-8(11)5-9/h2-5,7H,6,11-12H2,1H3,(H,13,14). The highest BCUT2D eigenvalue weighted by Crippen LogP contribution is 2.22. The van der Waals surface area contributed by atoms with Crippen molar-refractivity contribution >= 4 is 23.4 Å². The van der Waals surface area contributed by atoms with Gasteiger partial charge in [0, 0.05) is 22.3 Å². The van der Waals surface area contributed by atoms with Crippen LogP contribution in [0.4, 0.5) is 5.69 Å². The minimum absolute atomic E-state index is 0.110. The van der Waals surface area contributed by atoms with Gasteiger partial charge in [0.15, 0.2) is 0 Å². The highest BCUT2D eigenvalue weighted by molar-refractivity contribution is 7.99. The lowest BCUT2D eigenvalue weighted by atomic mass is 10.2. The third kappa shape index (κ3) is 3.81. The molecule has 0 aliphatic rings. The molecule has 4 nitrogen and oxygen atoms in total. The normalized spacial score (nSPS) is 12.1. The van der Waals surface area contributed by atoms with E-state index >= 15 is 0 Å². The molecule has 1 aromatic rings. The first-order valence-corrected chi connectivity index (χ1v) is 5.61. The Kier molecular flexibility index (Phi) is 4.45. The molecule has 1 atom stereocenters. The van der Waals surface area contributed by atoms with E-state index in [-0.39, 0.29) is 11.8 Å². The molecule has 1 aromatic carbocycles. The second-order valence-electron chi connectivity index (χ2n) is 3.29. The highest BCUT2D eigenvalue weighted by atomic mass is 32.2. The van der Waals surface area contributed by atoms with E-state index in [0.717, 1.165) is 10.6 Å². The number of nitrogens with two attached hydrogens (primary N) is 2. The van der Waals surface area contributed by atoms with Crippen molar-refractivity contribution in [3.05, 3.63) is 24.3 Å². The van der Waals surface area contributed by atoms with Crippen LogP contribution in [0.25, 0.3) is 0 Å². The first kappa shape index (κ1) is 11.9. The molecule has 0 heterocycles. The number of carbonyl (C=O) groups is 1. The van der Waals surface area contributed by atoms with E-state index in [1.54, 1.807) is 11.8 Å². The van der Waals surface area contributed by atoms with Crippen molar-refractivity contribution in [2.45, 2.75) is 11.8 Å². The highest BCUT2D eigenvalue weighted by Gasteiger charge is 2.11. The smallest absolute Gasteiger partial charge is 0.237 e. The molecule has 15 heavy (non-hydrogen) atoms. The summed E-state index contributed by atoms with van der Waals surface area (Å²) in [6.45, 7) is 1.83. The van der Waals surface area contributed by atoms with Gasteiger partial charge in [-0.25, -0.2) is 5.84 Å². The van der Waals surface area contributed by atoms with Gasteiger partial charge in [-0.3, -0.25) is 10.2 Å². The van der Waals surface area contributed by atoms with Gasteiger partial charge in [0.1, 0.15) is 0 Å². The van der Waals surface area contributed by atoms with Crippen LogP contribution in [-0.2, 0) is 4.79 Å². The Balaban J connectivity index is 2.47. The topological polar surface area (TPSA) is 81.1 Å². The maximum atomic E-state index is 11.1. The average molecular weight is 225 g/mol. The van der Waals surface area contributed by atoms with Gasteiger partial charge in [0.25, 0.3) is 0 Å². The first-order valence-electron chi connectivity index (χ1n) is 4.62. The van der Waals surface area contributed by atoms with E-state index < -0.39 is 0 Å². The molecule has 5 N–H and O–H groups in total. The van der Waals surface area contributed by atoms with Crippen molar-refractivity contribution in [3.63, 3.8) is 0 Å². The lowest BCUT2D eigenvalue weighted by Crippen LogP contribution is -2.35. The van der Waals surface area contributed by atoms with Crippen molar-refractivity contribution in [3.8, 4) is 0 Å². The van der Waals surface area contributed by atoms with E-state index in [0.29, 0.717) is 5.75 Å². The molecule has 0 saturated carbocycles. The summed E-state index contributed by atoms with van der Waals surface area (Å²) in [5, 5.41) is 0. The molecule has 0 aliphatic carbocycles. The van der Waals surface area contributed by atoms with Gasteiger partial charge in [-0.05, 0) is 18.2 Å². The fourth-order valence-corrected chi connectivity index (χ4v) is 2.03. The number of rotatable bonds is 4. The van der Waals surface area contributed by atoms with Gasteiger partial charge in [0.05, 0.1) is 0 Å². The maximum Gasteiger partial charge on any atom is 0.237 e. The summed E-state index contributed by atoms with van der Waals surface area (Å²) in [4.78, 5) is 12.2. The Hall–Kier alpha value is -1.20. The Morgan fingerprint density at radius 3 is 2.93 bits per heavy atom. The molecule has 0 fully saturated rings. The minimum atomic E-state index is -0.147. The van der Waals surface area contributed by atoms with Crippen LogP contribution in [0.3, 0.4) is 0 Å². The lowest BCUT2D eigenvalue weighted by Gasteiger charge is -2.09. The summed E-state index contributed by atoms with van der Waals surface area (Å²) in [5.41, 5.74) is 8.51. The zero-order valence-electron chi connectivity index (χ0n) is 8.57. The van der Waals surface area contributed by atoms with Gasteiger partial charge < -0.3 is 5.73 Å². The van der Waals surface area contributed by atoms with Crippen molar-refractivity contribution in [1.29, 1.82) is 0 Å². The van der Waals surface area contributed by atoms with Crippen molar-refractivity contribution in [2.24, 2.45) is 11.8 Å². The van der Waals surface area contributed by atoms with E-state index in [2.05, 4.69) is 5.43 Å². The summed E-state index contributed by atoms with van der Waals surface area (Å²) in [7, 11) is 0. The summed E-state index contributed by atoms with van der Waals surface area (Å²) < 4.78 is 0. The summed E-state index contributed by atoms with van der Waals surface area (Å²) in [5.74, 6) is 5.47. The van der Waals surface area contributed by atoms with Gasteiger partial charge in [-0.1, -0.05) is 13.0 Å². The van der Waals surface area contributed by atoms with Crippen molar-refractivity contribution < 1.29 is 4.79 Å². The van der Waals surface area contributed by atoms with Crippen LogP contribution in [0.2, 0.25) is 0 Å². The first-order chi connectivity index (χ1) is 7.13. The zero-order chi connectivity index (χ0) is 11.3. The molecule has 0 saturated heterocycles. The fourth-order valence-electron chi connectivity index (χ4n) is 1.04. The molecule has 0 bridgehead atoms. The number of nitrogens with one attached hydrogen (secondary N) is 1. The monoisotopic (exact) mass is 225 g/mol. The Labute approximate surface area is 93.4 Å². The number of thioether (sulfide) groups is 1. The quantitative estimate of drug-likeness (QED) is 0.235. The van der Waals surface area contributed by atoms with Gasteiger partial charge in [-0.15, -0.1) is 11.8 Å². The summed E-state index contributed by atoms with van der Waals surface area (Å²) >= 11 is 1.59. The van der Waals surface area contributed by atoms with E-state index in [9.17, 15) is 4.79 Å². The molecule has 82 valence electrons. The number of anilines is 1. The third-order valence-corrected chi connectivity index (χ3v) is 3.20. The SMILES string of the molecule is CC(CSc1cccc(N)c1)C(=O)NN. The van der Waals surface area contributed by atoms with Crippen LogP contribution >= 0.6 is 11.8 Å². The Morgan fingerprint density at radius 2 is 2.33 bits per heavy atom. The van der Waals surface area contributed by atoms with Gasteiger partial charge in [0.2, 0.25) is 5.91 Å². The summed E-state index contributed by atoms with van der Waals surface area (Å²) in [6, 6.07) is 7.58. The number of carbonyl (C=O) groups excluding carboxylic acids is 1. The third-order valence-electron chi connectivity index (χ3n) is 1.95. The number of hydrogen-bond donors (Lipinski definition) is 3. The molecule has 0 aliphatic heterocycles. The second kappa shape index (κ2) is 5.63. The Bertz CT molecular complexity index is 343. The van der Waals surface area contributed by atoms with E-state index in [1.807, 2.05) is 31.2 Å². The molecule has 1 unspecified atom stereocenters. The molecule has 0 aromatic heterocycles. The summed E-state index contributed by atoms with van der Waals surface area (Å²) in [6.07, 6.45) is 0. The molecule has 1 rings (SSSR count).